The van der Waals surface area contributed by atoms with E-state index in [4.69, 9.17) is 0 Å². The summed E-state index contributed by atoms with van der Waals surface area (Å²) in [6.07, 6.45) is 2.92. The minimum absolute atomic E-state index is 0.0577. The second-order valence-corrected chi connectivity index (χ2v) is 7.52. The Bertz CT molecular complexity index is 610. The summed E-state index contributed by atoms with van der Waals surface area (Å²) in [5.74, 6) is -0.386. The lowest BCUT2D eigenvalue weighted by Gasteiger charge is -2.18. The van der Waals surface area contributed by atoms with E-state index in [1.54, 1.807) is 0 Å². The Morgan fingerprint density at radius 1 is 1.23 bits per heavy atom. The highest BCUT2D eigenvalue weighted by atomic mass is 32.2. The minimum Gasteiger partial charge on any atom is -0.343 e. The summed E-state index contributed by atoms with van der Waals surface area (Å²) in [6, 6.07) is 4.74. The first-order valence-corrected chi connectivity index (χ1v) is 8.85. The van der Waals surface area contributed by atoms with Crippen molar-refractivity contribution in [3.63, 3.8) is 0 Å². The van der Waals surface area contributed by atoms with Crippen molar-refractivity contribution in [1.29, 1.82) is 0 Å². The normalized spacial score (nSPS) is 15.5. The van der Waals surface area contributed by atoms with E-state index in [2.05, 4.69) is 0 Å². The number of halogens is 1. The Morgan fingerprint density at radius 2 is 1.82 bits per heavy atom. The fourth-order valence-corrected chi connectivity index (χ4v) is 3.69. The van der Waals surface area contributed by atoms with Crippen molar-refractivity contribution in [2.24, 2.45) is 0 Å². The predicted molar refractivity (Wildman–Crippen MR) is 81.3 cm³/mol. The second-order valence-electron chi connectivity index (χ2n) is 5.47. The van der Waals surface area contributed by atoms with Gasteiger partial charge in [-0.3, -0.25) is 4.79 Å². The van der Waals surface area contributed by atoms with Crippen LogP contribution < -0.4 is 0 Å². The highest BCUT2D eigenvalue weighted by Crippen LogP contribution is 2.16. The van der Waals surface area contributed by atoms with Crippen molar-refractivity contribution >= 4 is 15.9 Å². The quantitative estimate of drug-likeness (QED) is 0.801. The average Bonchev–Trinajstić information content (AvgIpc) is 3.01. The molecule has 0 aliphatic carbocycles. The van der Waals surface area contributed by atoms with Gasteiger partial charge in [-0.05, 0) is 43.5 Å². The summed E-state index contributed by atoms with van der Waals surface area (Å²) in [7, 11) is -2.16. The lowest BCUT2D eigenvalue weighted by atomic mass is 10.3. The third-order valence-corrected chi connectivity index (χ3v) is 5.72. The van der Waals surface area contributed by atoms with Gasteiger partial charge in [-0.1, -0.05) is 0 Å². The van der Waals surface area contributed by atoms with Crippen LogP contribution in [0.1, 0.15) is 25.7 Å². The molecule has 0 N–H and O–H groups in total. The van der Waals surface area contributed by atoms with Crippen LogP contribution in [-0.4, -0.2) is 50.2 Å². The largest absolute Gasteiger partial charge is 0.343 e. The van der Waals surface area contributed by atoms with Crippen molar-refractivity contribution in [2.75, 3.05) is 26.7 Å². The standard InChI is InChI=1S/C15H21FN2O3S/c1-17(10-4-5-15(19)18-11-2-3-12-18)22(20,21)14-8-6-13(16)7-9-14/h6-9H,2-5,10-12H2,1H3. The highest BCUT2D eigenvalue weighted by molar-refractivity contribution is 7.89. The van der Waals surface area contributed by atoms with Gasteiger partial charge < -0.3 is 4.90 Å². The van der Waals surface area contributed by atoms with Crippen LogP contribution in [0.3, 0.4) is 0 Å². The summed E-state index contributed by atoms with van der Waals surface area (Å²) in [4.78, 5) is 13.8. The number of sulfonamides is 1. The second kappa shape index (κ2) is 7.19. The molecule has 7 heteroatoms. The summed E-state index contributed by atoms with van der Waals surface area (Å²) >= 11 is 0. The van der Waals surface area contributed by atoms with E-state index in [1.165, 1.54) is 23.5 Å². The van der Waals surface area contributed by atoms with E-state index < -0.39 is 15.8 Å². The number of likely N-dealkylation sites (tertiary alicyclic amines) is 1. The maximum atomic E-state index is 12.9. The monoisotopic (exact) mass is 328 g/mol. The Balaban J connectivity index is 1.86. The number of carbonyl (C=O) groups is 1. The molecular weight excluding hydrogens is 307 g/mol. The first-order valence-electron chi connectivity index (χ1n) is 7.41. The van der Waals surface area contributed by atoms with Crippen LogP contribution >= 0.6 is 0 Å². The molecule has 5 nitrogen and oxygen atoms in total. The zero-order valence-corrected chi connectivity index (χ0v) is 13.5. The number of benzene rings is 1. The van der Waals surface area contributed by atoms with Crippen molar-refractivity contribution < 1.29 is 17.6 Å². The number of rotatable bonds is 6. The van der Waals surface area contributed by atoms with Gasteiger partial charge >= 0.3 is 0 Å². The molecule has 0 saturated carbocycles. The maximum absolute atomic E-state index is 12.9. The number of nitrogens with zero attached hydrogens (tertiary/aromatic N) is 2. The van der Waals surface area contributed by atoms with Gasteiger partial charge in [0.05, 0.1) is 4.90 Å². The molecule has 0 bridgehead atoms. The predicted octanol–water partition coefficient (Wildman–Crippen LogP) is 1.85. The van der Waals surface area contributed by atoms with Gasteiger partial charge in [-0.2, -0.15) is 0 Å². The zero-order chi connectivity index (χ0) is 16.2. The summed E-state index contributed by atoms with van der Waals surface area (Å²) < 4.78 is 38.6. The smallest absolute Gasteiger partial charge is 0.242 e. The third-order valence-electron chi connectivity index (χ3n) is 3.84. The number of amides is 1. The van der Waals surface area contributed by atoms with Crippen LogP contribution in [0, 0.1) is 5.82 Å². The van der Waals surface area contributed by atoms with Crippen LogP contribution in [-0.2, 0) is 14.8 Å². The molecule has 0 unspecified atom stereocenters. The van der Waals surface area contributed by atoms with Crippen LogP contribution in [0.2, 0.25) is 0 Å². The molecule has 1 heterocycles. The molecular formula is C15H21FN2O3S. The number of hydrogen-bond donors (Lipinski definition) is 0. The van der Waals surface area contributed by atoms with Crippen LogP contribution in [0.4, 0.5) is 4.39 Å². The average molecular weight is 328 g/mol. The van der Waals surface area contributed by atoms with E-state index in [-0.39, 0.29) is 17.3 Å². The molecule has 0 spiro atoms. The van der Waals surface area contributed by atoms with Crippen LogP contribution in [0.5, 0.6) is 0 Å². The lowest BCUT2D eigenvalue weighted by molar-refractivity contribution is -0.130. The van der Waals surface area contributed by atoms with E-state index >= 15 is 0 Å². The molecule has 2 rings (SSSR count). The third kappa shape index (κ3) is 4.04. The van der Waals surface area contributed by atoms with E-state index in [1.807, 2.05) is 4.90 Å². The molecule has 22 heavy (non-hydrogen) atoms. The van der Waals surface area contributed by atoms with Gasteiger partial charge in [-0.15, -0.1) is 0 Å². The van der Waals surface area contributed by atoms with Crippen LogP contribution in [0.25, 0.3) is 0 Å². The minimum atomic E-state index is -3.63. The molecule has 1 aliphatic heterocycles. The topological polar surface area (TPSA) is 57.7 Å². The molecule has 0 atom stereocenters. The zero-order valence-electron chi connectivity index (χ0n) is 12.7. The van der Waals surface area contributed by atoms with Gasteiger partial charge in [-0.25, -0.2) is 17.1 Å². The van der Waals surface area contributed by atoms with Gasteiger partial charge in [0.15, 0.2) is 0 Å². The molecule has 1 amide bonds. The summed E-state index contributed by atoms with van der Waals surface area (Å²) in [6.45, 7) is 1.88. The SMILES string of the molecule is CN(CCCC(=O)N1CCCC1)S(=O)(=O)c1ccc(F)cc1. The first kappa shape index (κ1) is 16.9. The Morgan fingerprint density at radius 3 is 2.41 bits per heavy atom. The Kier molecular flexibility index (Phi) is 5.52. The van der Waals surface area contributed by atoms with Crippen molar-refractivity contribution in [3.8, 4) is 0 Å². The Labute approximate surface area is 130 Å². The molecule has 122 valence electrons. The van der Waals surface area contributed by atoms with E-state index in [9.17, 15) is 17.6 Å². The molecule has 1 aliphatic rings. The molecule has 1 aromatic rings. The van der Waals surface area contributed by atoms with Crippen molar-refractivity contribution in [2.45, 2.75) is 30.6 Å². The fraction of sp³-hybridized carbons (Fsp3) is 0.533. The maximum Gasteiger partial charge on any atom is 0.242 e. The molecule has 1 aromatic carbocycles. The van der Waals surface area contributed by atoms with E-state index in [0.29, 0.717) is 12.8 Å². The van der Waals surface area contributed by atoms with Gasteiger partial charge in [0.2, 0.25) is 15.9 Å². The highest BCUT2D eigenvalue weighted by Gasteiger charge is 2.22. The molecule has 1 fully saturated rings. The lowest BCUT2D eigenvalue weighted by Crippen LogP contribution is -2.31. The fourth-order valence-electron chi connectivity index (χ4n) is 2.48. The van der Waals surface area contributed by atoms with Crippen molar-refractivity contribution in [3.05, 3.63) is 30.1 Å². The Hall–Kier alpha value is -1.47. The van der Waals surface area contributed by atoms with Gasteiger partial charge in [0, 0.05) is 33.1 Å². The first-order chi connectivity index (χ1) is 10.4. The molecule has 1 saturated heterocycles. The number of carbonyl (C=O) groups excluding carboxylic acids is 1. The molecule has 0 aromatic heterocycles. The van der Waals surface area contributed by atoms with E-state index in [0.717, 1.165) is 38.1 Å². The summed E-state index contributed by atoms with van der Waals surface area (Å²) in [5, 5.41) is 0. The summed E-state index contributed by atoms with van der Waals surface area (Å²) in [5.41, 5.74) is 0. The molecule has 0 radical (unpaired) electrons. The van der Waals surface area contributed by atoms with Gasteiger partial charge in [0.1, 0.15) is 5.82 Å². The van der Waals surface area contributed by atoms with Crippen molar-refractivity contribution in [1.82, 2.24) is 9.21 Å². The van der Waals surface area contributed by atoms with Crippen LogP contribution in [0.15, 0.2) is 29.2 Å². The van der Waals surface area contributed by atoms with Gasteiger partial charge in [0.25, 0.3) is 0 Å². The number of hydrogen-bond acceptors (Lipinski definition) is 3.